The van der Waals surface area contributed by atoms with E-state index in [0.29, 0.717) is 17.1 Å². The SMILES string of the molecule is COc1ccc(C(C(=O)NC2CCCC2)N(C(=O)c2ccco2)C2CC2)cc1OC. The van der Waals surface area contributed by atoms with Gasteiger partial charge >= 0.3 is 0 Å². The Kier molecular flexibility index (Phi) is 5.97. The Balaban J connectivity index is 1.72. The highest BCUT2D eigenvalue weighted by Gasteiger charge is 2.43. The number of methoxy groups -OCH3 is 2. The lowest BCUT2D eigenvalue weighted by atomic mass is 10.0. The molecule has 1 heterocycles. The highest BCUT2D eigenvalue weighted by molar-refractivity contribution is 5.96. The van der Waals surface area contributed by atoms with Crippen LogP contribution < -0.4 is 14.8 Å². The normalized spacial score (nSPS) is 17.4. The van der Waals surface area contributed by atoms with Gasteiger partial charge in [-0.3, -0.25) is 9.59 Å². The predicted molar refractivity (Wildman–Crippen MR) is 111 cm³/mol. The predicted octanol–water partition coefficient (Wildman–Crippen LogP) is 3.70. The lowest BCUT2D eigenvalue weighted by Crippen LogP contribution is -2.47. The van der Waals surface area contributed by atoms with Crippen LogP contribution in [0.3, 0.4) is 0 Å². The second-order valence-electron chi connectivity index (χ2n) is 7.93. The fraction of sp³-hybridized carbons (Fsp3) is 0.478. The summed E-state index contributed by atoms with van der Waals surface area (Å²) in [6, 6.07) is 8.09. The number of furan rings is 1. The van der Waals surface area contributed by atoms with Crippen LogP contribution in [-0.2, 0) is 4.79 Å². The van der Waals surface area contributed by atoms with Crippen LogP contribution >= 0.6 is 0 Å². The first-order valence-corrected chi connectivity index (χ1v) is 10.5. The number of amides is 2. The average molecular weight is 412 g/mol. The van der Waals surface area contributed by atoms with Crippen molar-refractivity contribution in [3.05, 3.63) is 47.9 Å². The molecule has 160 valence electrons. The third kappa shape index (κ3) is 4.15. The quantitative estimate of drug-likeness (QED) is 0.715. The molecule has 2 saturated carbocycles. The van der Waals surface area contributed by atoms with E-state index in [1.165, 1.54) is 6.26 Å². The maximum absolute atomic E-state index is 13.5. The van der Waals surface area contributed by atoms with Gasteiger partial charge in [0.15, 0.2) is 17.3 Å². The standard InChI is InChI=1S/C23H28N2O5/c1-28-18-12-9-15(14-20(18)29-2)21(22(26)24-16-6-3-4-7-16)25(17-10-11-17)23(27)19-8-5-13-30-19/h5,8-9,12-14,16-17,21H,3-4,6-7,10-11H2,1-2H3,(H,24,26). The molecule has 1 unspecified atom stereocenters. The number of benzene rings is 1. The maximum Gasteiger partial charge on any atom is 0.290 e. The number of hydrogen-bond donors (Lipinski definition) is 1. The second kappa shape index (κ2) is 8.81. The van der Waals surface area contributed by atoms with Crippen LogP contribution in [-0.4, -0.2) is 43.0 Å². The van der Waals surface area contributed by atoms with E-state index < -0.39 is 6.04 Å². The Hall–Kier alpha value is -2.96. The van der Waals surface area contributed by atoms with Crippen molar-refractivity contribution in [1.29, 1.82) is 0 Å². The minimum Gasteiger partial charge on any atom is -0.493 e. The van der Waals surface area contributed by atoms with Gasteiger partial charge in [0.25, 0.3) is 5.91 Å². The molecule has 0 bridgehead atoms. The summed E-state index contributed by atoms with van der Waals surface area (Å²) in [5.41, 5.74) is 0.690. The van der Waals surface area contributed by atoms with Crippen molar-refractivity contribution in [3.8, 4) is 11.5 Å². The van der Waals surface area contributed by atoms with Crippen LogP contribution in [0.5, 0.6) is 11.5 Å². The van der Waals surface area contributed by atoms with E-state index in [1.807, 2.05) is 6.07 Å². The fourth-order valence-corrected chi connectivity index (χ4v) is 4.19. The van der Waals surface area contributed by atoms with Crippen LogP contribution in [0.1, 0.15) is 60.7 Å². The van der Waals surface area contributed by atoms with Gasteiger partial charge in [-0.15, -0.1) is 0 Å². The first-order valence-electron chi connectivity index (χ1n) is 10.5. The minimum atomic E-state index is -0.768. The van der Waals surface area contributed by atoms with Crippen molar-refractivity contribution in [2.75, 3.05) is 14.2 Å². The Morgan fingerprint density at radius 2 is 1.80 bits per heavy atom. The molecule has 0 radical (unpaired) electrons. The monoisotopic (exact) mass is 412 g/mol. The molecule has 2 fully saturated rings. The molecule has 4 rings (SSSR count). The summed E-state index contributed by atoms with van der Waals surface area (Å²) in [4.78, 5) is 28.5. The molecule has 0 spiro atoms. The molecular weight excluding hydrogens is 384 g/mol. The van der Waals surface area contributed by atoms with E-state index in [1.54, 1.807) is 43.4 Å². The van der Waals surface area contributed by atoms with Gasteiger partial charge in [0.1, 0.15) is 6.04 Å². The number of carbonyl (C=O) groups is 2. The Bertz CT molecular complexity index is 885. The molecule has 0 saturated heterocycles. The molecule has 1 aromatic carbocycles. The van der Waals surface area contributed by atoms with Crippen molar-refractivity contribution >= 4 is 11.8 Å². The van der Waals surface area contributed by atoms with Gasteiger partial charge in [-0.1, -0.05) is 18.9 Å². The van der Waals surface area contributed by atoms with E-state index in [9.17, 15) is 9.59 Å². The third-order valence-corrected chi connectivity index (χ3v) is 5.86. The molecule has 1 N–H and O–H groups in total. The molecule has 2 amide bonds. The number of nitrogens with one attached hydrogen (secondary N) is 1. The van der Waals surface area contributed by atoms with E-state index in [-0.39, 0.29) is 29.7 Å². The van der Waals surface area contributed by atoms with E-state index in [4.69, 9.17) is 13.9 Å². The molecule has 7 nitrogen and oxygen atoms in total. The molecule has 7 heteroatoms. The Morgan fingerprint density at radius 1 is 1.07 bits per heavy atom. The smallest absolute Gasteiger partial charge is 0.290 e. The number of rotatable bonds is 8. The van der Waals surface area contributed by atoms with E-state index in [0.717, 1.165) is 38.5 Å². The van der Waals surface area contributed by atoms with Gasteiger partial charge in [-0.25, -0.2) is 0 Å². The molecule has 30 heavy (non-hydrogen) atoms. The second-order valence-corrected chi connectivity index (χ2v) is 7.93. The van der Waals surface area contributed by atoms with Crippen molar-refractivity contribution in [3.63, 3.8) is 0 Å². The van der Waals surface area contributed by atoms with E-state index >= 15 is 0 Å². The molecule has 1 aromatic heterocycles. The Morgan fingerprint density at radius 3 is 2.40 bits per heavy atom. The average Bonchev–Trinajstić information content (AvgIpc) is 3.20. The lowest BCUT2D eigenvalue weighted by molar-refractivity contribution is -0.126. The first-order chi connectivity index (χ1) is 14.6. The zero-order chi connectivity index (χ0) is 21.1. The maximum atomic E-state index is 13.5. The number of nitrogens with zero attached hydrogens (tertiary/aromatic N) is 1. The summed E-state index contributed by atoms with van der Waals surface area (Å²) in [7, 11) is 3.13. The fourth-order valence-electron chi connectivity index (χ4n) is 4.19. The summed E-state index contributed by atoms with van der Waals surface area (Å²) in [6.07, 6.45) is 7.38. The topological polar surface area (TPSA) is 81.0 Å². The summed E-state index contributed by atoms with van der Waals surface area (Å²) in [5, 5.41) is 3.17. The number of ether oxygens (including phenoxy) is 2. The van der Waals surface area contributed by atoms with Crippen molar-refractivity contribution in [2.45, 2.75) is 56.7 Å². The number of carbonyl (C=O) groups excluding carboxylic acids is 2. The largest absolute Gasteiger partial charge is 0.493 e. The number of hydrogen-bond acceptors (Lipinski definition) is 5. The zero-order valence-corrected chi connectivity index (χ0v) is 17.4. The van der Waals surface area contributed by atoms with Gasteiger partial charge in [0.05, 0.1) is 20.5 Å². The van der Waals surface area contributed by atoms with E-state index in [2.05, 4.69) is 5.32 Å². The summed E-state index contributed by atoms with van der Waals surface area (Å²) in [5.74, 6) is 0.896. The molecule has 2 aliphatic rings. The van der Waals surface area contributed by atoms with Crippen LogP contribution in [0.2, 0.25) is 0 Å². The first kappa shape index (κ1) is 20.3. The molecule has 0 aliphatic heterocycles. The zero-order valence-electron chi connectivity index (χ0n) is 17.4. The van der Waals surface area contributed by atoms with Crippen molar-refractivity contribution < 1.29 is 23.5 Å². The van der Waals surface area contributed by atoms with Gasteiger partial charge in [0.2, 0.25) is 5.91 Å². The van der Waals surface area contributed by atoms with Crippen LogP contribution in [0.15, 0.2) is 41.0 Å². The van der Waals surface area contributed by atoms with Crippen LogP contribution in [0.25, 0.3) is 0 Å². The molecule has 2 aromatic rings. The molecule has 2 aliphatic carbocycles. The van der Waals surface area contributed by atoms with Crippen LogP contribution in [0.4, 0.5) is 0 Å². The Labute approximate surface area is 176 Å². The summed E-state index contributed by atoms with van der Waals surface area (Å²) >= 11 is 0. The summed E-state index contributed by atoms with van der Waals surface area (Å²) < 4.78 is 16.2. The van der Waals surface area contributed by atoms with Crippen LogP contribution in [0, 0.1) is 0 Å². The van der Waals surface area contributed by atoms with Crippen molar-refractivity contribution in [2.24, 2.45) is 0 Å². The highest BCUT2D eigenvalue weighted by Crippen LogP contribution is 2.39. The summed E-state index contributed by atoms with van der Waals surface area (Å²) in [6.45, 7) is 0. The lowest BCUT2D eigenvalue weighted by Gasteiger charge is -2.32. The van der Waals surface area contributed by atoms with Gasteiger partial charge < -0.3 is 24.1 Å². The van der Waals surface area contributed by atoms with Gasteiger partial charge in [-0.05, 0) is 55.5 Å². The molecular formula is C23H28N2O5. The highest BCUT2D eigenvalue weighted by atomic mass is 16.5. The third-order valence-electron chi connectivity index (χ3n) is 5.86. The minimum absolute atomic E-state index is 0.00928. The van der Waals surface area contributed by atoms with Gasteiger partial charge in [-0.2, -0.15) is 0 Å². The van der Waals surface area contributed by atoms with Gasteiger partial charge in [0, 0.05) is 12.1 Å². The molecule has 1 atom stereocenters. The van der Waals surface area contributed by atoms with Crippen molar-refractivity contribution in [1.82, 2.24) is 10.2 Å².